The van der Waals surface area contributed by atoms with Gasteiger partial charge in [-0.15, -0.1) is 22.7 Å². The second-order valence-electron chi connectivity index (χ2n) is 4.29. The number of hydrogen-bond donors (Lipinski definition) is 1. The zero-order valence-corrected chi connectivity index (χ0v) is 12.7. The molecular formula is C13H14N3O3S2. The first-order valence-electron chi connectivity index (χ1n) is 6.03. The molecule has 0 aliphatic heterocycles. The number of nitrogens with zero attached hydrogens (tertiary/aromatic N) is 1. The third-order valence-electron chi connectivity index (χ3n) is 2.57. The van der Waals surface area contributed by atoms with Crippen molar-refractivity contribution in [1.82, 2.24) is 10.6 Å². The summed E-state index contributed by atoms with van der Waals surface area (Å²) in [6.07, 6.45) is 1.26. The van der Waals surface area contributed by atoms with E-state index in [1.807, 2.05) is 24.3 Å². The SMILES string of the molecule is C=CCS(=O)(=O)NN(CC([NH])=O)c1cc2ccccc2s1. The van der Waals surface area contributed by atoms with Gasteiger partial charge in [0.05, 0.1) is 5.75 Å². The van der Waals surface area contributed by atoms with Crippen LogP contribution in [0.4, 0.5) is 5.00 Å². The van der Waals surface area contributed by atoms with Crippen LogP contribution in [-0.4, -0.2) is 26.6 Å². The first-order valence-corrected chi connectivity index (χ1v) is 8.50. The number of carbonyl (C=O) groups is 1. The third kappa shape index (κ3) is 4.03. The number of rotatable bonds is 7. The molecule has 0 saturated heterocycles. The Bertz CT molecular complexity index is 735. The molecule has 0 unspecified atom stereocenters. The molecule has 0 bridgehead atoms. The zero-order valence-electron chi connectivity index (χ0n) is 11.1. The van der Waals surface area contributed by atoms with Crippen LogP contribution in [0.5, 0.6) is 0 Å². The quantitative estimate of drug-likeness (QED) is 0.618. The van der Waals surface area contributed by atoms with Crippen molar-refractivity contribution < 1.29 is 13.2 Å². The van der Waals surface area contributed by atoms with Crippen molar-refractivity contribution in [3.63, 3.8) is 0 Å². The minimum absolute atomic E-state index is 0.263. The van der Waals surface area contributed by atoms with E-state index >= 15 is 0 Å². The van der Waals surface area contributed by atoms with Crippen molar-refractivity contribution in [2.45, 2.75) is 0 Å². The number of anilines is 1. The first kappa shape index (κ1) is 15.5. The largest absolute Gasteiger partial charge is 0.276 e. The Morgan fingerprint density at radius 1 is 1.43 bits per heavy atom. The van der Waals surface area contributed by atoms with Crippen LogP contribution in [0.3, 0.4) is 0 Å². The Labute approximate surface area is 126 Å². The van der Waals surface area contributed by atoms with Gasteiger partial charge in [0.2, 0.25) is 10.0 Å². The number of hydrogen-bond acceptors (Lipinski definition) is 5. The second-order valence-corrected chi connectivity index (χ2v) is 7.10. The maximum absolute atomic E-state index is 11.8. The highest BCUT2D eigenvalue weighted by atomic mass is 32.2. The molecule has 1 heterocycles. The smallest absolute Gasteiger partial charge is 0.259 e. The summed E-state index contributed by atoms with van der Waals surface area (Å²) >= 11 is 1.34. The molecule has 1 amide bonds. The fraction of sp³-hybridized carbons (Fsp3) is 0.154. The van der Waals surface area contributed by atoms with Crippen LogP contribution in [0.15, 0.2) is 43.0 Å². The number of sulfonamides is 1. The molecule has 21 heavy (non-hydrogen) atoms. The molecule has 2 rings (SSSR count). The standard InChI is InChI=1S/C13H14N3O3S2/c1-2-7-21(18,19)15-16(9-12(14)17)13-8-10-5-3-4-6-11(10)20-13/h2-6,8,14-15H,1,7,9H2. The highest BCUT2D eigenvalue weighted by molar-refractivity contribution is 7.89. The molecule has 0 aliphatic carbocycles. The molecule has 0 atom stereocenters. The van der Waals surface area contributed by atoms with Crippen LogP contribution >= 0.6 is 11.3 Å². The van der Waals surface area contributed by atoms with Gasteiger partial charge in [-0.05, 0) is 17.5 Å². The summed E-state index contributed by atoms with van der Waals surface area (Å²) in [4.78, 5) is 13.4. The van der Waals surface area contributed by atoms with Crippen molar-refractivity contribution >= 4 is 42.4 Å². The number of nitrogens with one attached hydrogen (secondary N) is 2. The Morgan fingerprint density at radius 2 is 2.14 bits per heavy atom. The van der Waals surface area contributed by atoms with Gasteiger partial charge in [-0.1, -0.05) is 24.3 Å². The fourth-order valence-electron chi connectivity index (χ4n) is 1.76. The van der Waals surface area contributed by atoms with Crippen LogP contribution in [-0.2, 0) is 14.8 Å². The minimum atomic E-state index is -3.63. The Hall–Kier alpha value is -1.90. The van der Waals surface area contributed by atoms with Crippen LogP contribution in [0, 0.1) is 0 Å². The molecule has 0 saturated carbocycles. The summed E-state index contributed by atoms with van der Waals surface area (Å²) < 4.78 is 24.6. The number of amides is 1. The molecule has 0 spiro atoms. The highest BCUT2D eigenvalue weighted by Crippen LogP contribution is 2.31. The van der Waals surface area contributed by atoms with E-state index in [1.165, 1.54) is 22.4 Å². The zero-order chi connectivity index (χ0) is 15.5. The normalized spacial score (nSPS) is 11.4. The van der Waals surface area contributed by atoms with E-state index in [0.29, 0.717) is 5.00 Å². The number of thiophene rings is 1. The molecule has 8 heteroatoms. The van der Waals surface area contributed by atoms with Crippen molar-refractivity contribution in [3.05, 3.63) is 43.0 Å². The number of carbonyl (C=O) groups excluding carboxylic acids is 1. The van der Waals surface area contributed by atoms with Gasteiger partial charge in [-0.2, -0.15) is 0 Å². The van der Waals surface area contributed by atoms with E-state index in [2.05, 4.69) is 11.4 Å². The van der Waals surface area contributed by atoms with E-state index in [0.717, 1.165) is 10.1 Å². The van der Waals surface area contributed by atoms with Gasteiger partial charge in [0.1, 0.15) is 11.5 Å². The van der Waals surface area contributed by atoms with Gasteiger partial charge < -0.3 is 0 Å². The minimum Gasteiger partial charge on any atom is -0.276 e. The topological polar surface area (TPSA) is 90.3 Å². The Balaban J connectivity index is 2.35. The molecule has 111 valence electrons. The van der Waals surface area contributed by atoms with Crippen LogP contribution in [0.2, 0.25) is 0 Å². The maximum atomic E-state index is 11.8. The molecule has 0 aliphatic rings. The van der Waals surface area contributed by atoms with Gasteiger partial charge in [-0.25, -0.2) is 8.42 Å². The first-order chi connectivity index (χ1) is 9.91. The summed E-state index contributed by atoms with van der Waals surface area (Å²) in [6.45, 7) is 3.02. The average molecular weight is 324 g/mol. The molecule has 1 radical (unpaired) electrons. The van der Waals surface area contributed by atoms with Gasteiger partial charge in [-0.3, -0.25) is 15.5 Å². The number of fused-ring (bicyclic) bond motifs is 1. The summed E-state index contributed by atoms with van der Waals surface area (Å²) in [5.41, 5.74) is 7.07. The van der Waals surface area contributed by atoms with Crippen LogP contribution in [0.25, 0.3) is 10.1 Å². The van der Waals surface area contributed by atoms with E-state index in [-0.39, 0.29) is 12.3 Å². The van der Waals surface area contributed by atoms with Crippen molar-refractivity contribution in [3.8, 4) is 0 Å². The third-order valence-corrected chi connectivity index (χ3v) is 4.88. The van der Waals surface area contributed by atoms with E-state index in [4.69, 9.17) is 5.73 Å². The van der Waals surface area contributed by atoms with Crippen LogP contribution < -0.4 is 15.6 Å². The van der Waals surface area contributed by atoms with Crippen molar-refractivity contribution in [1.29, 1.82) is 0 Å². The van der Waals surface area contributed by atoms with Gasteiger partial charge in [0.15, 0.2) is 0 Å². The number of hydrazine groups is 1. The van der Waals surface area contributed by atoms with Crippen LogP contribution in [0.1, 0.15) is 0 Å². The molecule has 6 nitrogen and oxygen atoms in total. The van der Waals surface area contributed by atoms with Gasteiger partial charge in [0, 0.05) is 4.70 Å². The lowest BCUT2D eigenvalue weighted by Crippen LogP contribution is -2.45. The van der Waals surface area contributed by atoms with Crippen molar-refractivity contribution in [2.75, 3.05) is 17.3 Å². The van der Waals surface area contributed by atoms with E-state index in [1.54, 1.807) is 6.07 Å². The average Bonchev–Trinajstić information content (AvgIpc) is 2.80. The summed E-state index contributed by atoms with van der Waals surface area (Å²) in [6, 6.07) is 9.33. The lowest BCUT2D eigenvalue weighted by atomic mass is 10.3. The van der Waals surface area contributed by atoms with E-state index in [9.17, 15) is 13.2 Å². The lowest BCUT2D eigenvalue weighted by molar-refractivity contribution is -0.117. The predicted octanol–water partition coefficient (Wildman–Crippen LogP) is 1.54. The number of benzene rings is 1. The molecule has 1 aromatic heterocycles. The molecule has 2 N–H and O–H groups in total. The van der Waals surface area contributed by atoms with Gasteiger partial charge >= 0.3 is 0 Å². The van der Waals surface area contributed by atoms with E-state index < -0.39 is 15.9 Å². The molecule has 1 aromatic carbocycles. The molecule has 0 fully saturated rings. The summed E-state index contributed by atoms with van der Waals surface area (Å²) in [7, 11) is -3.63. The van der Waals surface area contributed by atoms with Gasteiger partial charge in [0.25, 0.3) is 5.91 Å². The molecule has 2 aromatic rings. The Morgan fingerprint density at radius 3 is 2.76 bits per heavy atom. The van der Waals surface area contributed by atoms with Crippen molar-refractivity contribution in [2.24, 2.45) is 0 Å². The fourth-order valence-corrected chi connectivity index (χ4v) is 3.72. The summed E-state index contributed by atoms with van der Waals surface area (Å²) in [5.74, 6) is -1.14. The lowest BCUT2D eigenvalue weighted by Gasteiger charge is -2.21. The summed E-state index contributed by atoms with van der Waals surface area (Å²) in [5, 5.41) is 2.69. The molecular weight excluding hydrogens is 310 g/mol. The second kappa shape index (κ2) is 6.25. The monoisotopic (exact) mass is 324 g/mol. The Kier molecular flexibility index (Phi) is 4.61. The maximum Gasteiger partial charge on any atom is 0.259 e. The highest BCUT2D eigenvalue weighted by Gasteiger charge is 2.19. The predicted molar refractivity (Wildman–Crippen MR) is 84.4 cm³/mol.